The molecule has 1 unspecified atom stereocenters. The van der Waals surface area contributed by atoms with E-state index >= 15 is 0 Å². The predicted octanol–water partition coefficient (Wildman–Crippen LogP) is 3.81. The van der Waals surface area contributed by atoms with Crippen LogP contribution in [0.25, 0.3) is 0 Å². The fourth-order valence-corrected chi connectivity index (χ4v) is 3.05. The molecule has 0 amide bonds. The van der Waals surface area contributed by atoms with E-state index < -0.39 is 0 Å². The maximum atomic E-state index is 13.9. The molecule has 90 valence electrons. The second-order valence-electron chi connectivity index (χ2n) is 4.21. The van der Waals surface area contributed by atoms with E-state index in [0.717, 1.165) is 11.1 Å². The summed E-state index contributed by atoms with van der Waals surface area (Å²) < 4.78 is 13.9. The molecule has 0 fully saturated rings. The first-order valence-electron chi connectivity index (χ1n) is 5.60. The van der Waals surface area contributed by atoms with Crippen molar-refractivity contribution in [1.29, 1.82) is 0 Å². The van der Waals surface area contributed by atoms with Gasteiger partial charge in [0.2, 0.25) is 0 Å². The third-order valence-corrected chi connectivity index (χ3v) is 4.00. The quantitative estimate of drug-likeness (QED) is 0.872. The molecule has 3 heteroatoms. The van der Waals surface area contributed by atoms with Gasteiger partial charge in [0.15, 0.2) is 0 Å². The van der Waals surface area contributed by atoms with Crippen molar-refractivity contribution in [3.05, 3.63) is 57.0 Å². The number of thiophene rings is 1. The highest BCUT2D eigenvalue weighted by Gasteiger charge is 2.18. The highest BCUT2D eigenvalue weighted by atomic mass is 32.1. The van der Waals surface area contributed by atoms with Crippen molar-refractivity contribution in [1.82, 2.24) is 5.32 Å². The monoisotopic (exact) mass is 249 g/mol. The third-order valence-electron chi connectivity index (χ3n) is 2.92. The van der Waals surface area contributed by atoms with Gasteiger partial charge in [-0.1, -0.05) is 17.7 Å². The normalized spacial score (nSPS) is 12.7. The van der Waals surface area contributed by atoms with Crippen LogP contribution < -0.4 is 5.32 Å². The summed E-state index contributed by atoms with van der Waals surface area (Å²) in [5.74, 6) is -0.150. The molecule has 1 atom stereocenters. The second kappa shape index (κ2) is 4.98. The average molecular weight is 249 g/mol. The lowest BCUT2D eigenvalue weighted by atomic mass is 10.0. The molecule has 17 heavy (non-hydrogen) atoms. The van der Waals surface area contributed by atoms with Crippen molar-refractivity contribution < 1.29 is 4.39 Å². The smallest absolute Gasteiger partial charge is 0.128 e. The average Bonchev–Trinajstić information content (AvgIpc) is 2.71. The van der Waals surface area contributed by atoms with Gasteiger partial charge < -0.3 is 5.32 Å². The Bertz CT molecular complexity index is 519. The number of nitrogens with one attached hydrogen (secondary N) is 1. The molecule has 0 spiro atoms. The van der Waals surface area contributed by atoms with Gasteiger partial charge >= 0.3 is 0 Å². The number of halogens is 1. The van der Waals surface area contributed by atoms with E-state index in [2.05, 4.69) is 18.3 Å². The standard InChI is InChI=1S/C14H16FNS/c1-9-4-5-12(15)11(8-9)13(16-3)14-10(2)6-7-17-14/h4-8,13,16H,1-3H3. The minimum absolute atomic E-state index is 0.0603. The molecule has 0 saturated heterocycles. The van der Waals surface area contributed by atoms with Gasteiger partial charge in [0.1, 0.15) is 5.82 Å². The van der Waals surface area contributed by atoms with Crippen LogP contribution in [0.5, 0.6) is 0 Å². The Hall–Kier alpha value is -1.19. The number of hydrogen-bond acceptors (Lipinski definition) is 2. The zero-order valence-electron chi connectivity index (χ0n) is 10.3. The Kier molecular flexibility index (Phi) is 3.60. The predicted molar refractivity (Wildman–Crippen MR) is 71.1 cm³/mol. The van der Waals surface area contributed by atoms with Gasteiger partial charge in [-0.3, -0.25) is 0 Å². The van der Waals surface area contributed by atoms with Crippen molar-refractivity contribution in [2.24, 2.45) is 0 Å². The highest BCUT2D eigenvalue weighted by Crippen LogP contribution is 2.30. The lowest BCUT2D eigenvalue weighted by Gasteiger charge is -2.17. The molecule has 1 aromatic heterocycles. The van der Waals surface area contributed by atoms with Gasteiger partial charge in [0, 0.05) is 10.4 Å². The molecule has 1 aromatic carbocycles. The number of benzene rings is 1. The van der Waals surface area contributed by atoms with E-state index in [0.29, 0.717) is 0 Å². The molecule has 1 heterocycles. The molecular weight excluding hydrogens is 233 g/mol. The molecule has 0 aliphatic heterocycles. The minimum Gasteiger partial charge on any atom is -0.309 e. The Morgan fingerprint density at radius 2 is 2.00 bits per heavy atom. The van der Waals surface area contributed by atoms with Gasteiger partial charge in [-0.2, -0.15) is 0 Å². The topological polar surface area (TPSA) is 12.0 Å². The summed E-state index contributed by atoms with van der Waals surface area (Å²) in [4.78, 5) is 1.18. The van der Waals surface area contributed by atoms with Crippen LogP contribution in [0.15, 0.2) is 29.6 Å². The Morgan fingerprint density at radius 3 is 2.59 bits per heavy atom. The van der Waals surface area contributed by atoms with Crippen molar-refractivity contribution >= 4 is 11.3 Å². The summed E-state index contributed by atoms with van der Waals surface area (Å²) in [6.07, 6.45) is 0. The Labute approximate surface area is 105 Å². The lowest BCUT2D eigenvalue weighted by Crippen LogP contribution is -2.18. The lowest BCUT2D eigenvalue weighted by molar-refractivity contribution is 0.578. The Morgan fingerprint density at radius 1 is 1.24 bits per heavy atom. The zero-order valence-corrected chi connectivity index (χ0v) is 11.1. The van der Waals surface area contributed by atoms with Crippen LogP contribution >= 0.6 is 11.3 Å². The molecule has 2 aromatic rings. The van der Waals surface area contributed by atoms with Gasteiger partial charge in [-0.05, 0) is 44.0 Å². The molecule has 2 rings (SSSR count). The van der Waals surface area contributed by atoms with Crippen LogP contribution in [-0.2, 0) is 0 Å². The van der Waals surface area contributed by atoms with Gasteiger partial charge in [0.25, 0.3) is 0 Å². The SMILES string of the molecule is CNC(c1cc(C)ccc1F)c1sccc1C. The summed E-state index contributed by atoms with van der Waals surface area (Å²) in [6.45, 7) is 4.04. The van der Waals surface area contributed by atoms with E-state index in [1.54, 1.807) is 17.4 Å². The molecule has 0 aliphatic rings. The summed E-state index contributed by atoms with van der Waals surface area (Å²) in [7, 11) is 1.87. The highest BCUT2D eigenvalue weighted by molar-refractivity contribution is 7.10. The van der Waals surface area contributed by atoms with Crippen LogP contribution in [-0.4, -0.2) is 7.05 Å². The largest absolute Gasteiger partial charge is 0.309 e. The number of hydrogen-bond donors (Lipinski definition) is 1. The van der Waals surface area contributed by atoms with Crippen LogP contribution in [0.4, 0.5) is 4.39 Å². The fraction of sp³-hybridized carbons (Fsp3) is 0.286. The molecule has 0 bridgehead atoms. The van der Waals surface area contributed by atoms with E-state index in [-0.39, 0.29) is 11.9 Å². The summed E-state index contributed by atoms with van der Waals surface area (Å²) >= 11 is 1.66. The first-order chi connectivity index (χ1) is 8.13. The fourth-order valence-electron chi connectivity index (χ4n) is 1.99. The Balaban J connectivity index is 2.49. The second-order valence-corrected chi connectivity index (χ2v) is 5.16. The molecule has 1 N–H and O–H groups in total. The van der Waals surface area contributed by atoms with Crippen molar-refractivity contribution in [3.8, 4) is 0 Å². The third kappa shape index (κ3) is 2.40. The van der Waals surface area contributed by atoms with Crippen molar-refractivity contribution in [3.63, 3.8) is 0 Å². The van der Waals surface area contributed by atoms with Crippen LogP contribution in [0, 0.1) is 19.7 Å². The van der Waals surface area contributed by atoms with Gasteiger partial charge in [-0.25, -0.2) is 4.39 Å². The zero-order chi connectivity index (χ0) is 12.4. The van der Waals surface area contributed by atoms with Crippen molar-refractivity contribution in [2.75, 3.05) is 7.05 Å². The summed E-state index contributed by atoms with van der Waals surface area (Å²) in [5.41, 5.74) is 3.00. The van der Waals surface area contributed by atoms with Crippen LogP contribution in [0.1, 0.15) is 27.6 Å². The molecule has 0 radical (unpaired) electrons. The van der Waals surface area contributed by atoms with Gasteiger partial charge in [-0.15, -0.1) is 11.3 Å². The minimum atomic E-state index is -0.150. The van der Waals surface area contributed by atoms with E-state index in [1.165, 1.54) is 16.5 Å². The number of aryl methyl sites for hydroxylation is 2. The summed E-state index contributed by atoms with van der Waals surface area (Å²) in [5, 5.41) is 5.24. The number of rotatable bonds is 3. The van der Waals surface area contributed by atoms with E-state index in [9.17, 15) is 4.39 Å². The molecule has 1 nitrogen and oxygen atoms in total. The molecular formula is C14H16FNS. The first kappa shape index (κ1) is 12.3. The molecule has 0 aliphatic carbocycles. The first-order valence-corrected chi connectivity index (χ1v) is 6.48. The maximum absolute atomic E-state index is 13.9. The van der Waals surface area contributed by atoms with E-state index in [1.807, 2.05) is 25.4 Å². The molecule has 0 saturated carbocycles. The van der Waals surface area contributed by atoms with E-state index in [4.69, 9.17) is 0 Å². The summed E-state index contributed by atoms with van der Waals surface area (Å²) in [6, 6.07) is 7.26. The van der Waals surface area contributed by atoms with Crippen molar-refractivity contribution in [2.45, 2.75) is 19.9 Å². The van der Waals surface area contributed by atoms with Gasteiger partial charge in [0.05, 0.1) is 6.04 Å². The maximum Gasteiger partial charge on any atom is 0.128 e. The van der Waals surface area contributed by atoms with Crippen LogP contribution in [0.3, 0.4) is 0 Å². The van der Waals surface area contributed by atoms with Crippen LogP contribution in [0.2, 0.25) is 0 Å².